The van der Waals surface area contributed by atoms with Crippen LogP contribution in [0.4, 0.5) is 0 Å². The molecule has 0 aliphatic rings. The van der Waals surface area contributed by atoms with Gasteiger partial charge in [-0.2, -0.15) is 0 Å². The number of nitrogens with one attached hydrogen (secondary N) is 2. The quantitative estimate of drug-likeness (QED) is 0.0862. The monoisotopic (exact) mass is 714 g/mol. The number of alkyl halides is 2. The fourth-order valence-corrected chi connectivity index (χ4v) is 8.47. The molecule has 0 spiro atoms. The van der Waals surface area contributed by atoms with Crippen molar-refractivity contribution in [3.63, 3.8) is 0 Å². The van der Waals surface area contributed by atoms with Crippen LogP contribution in [0.15, 0.2) is 30.3 Å². The highest BCUT2D eigenvalue weighted by Crippen LogP contribution is 2.45. The Balaban J connectivity index is 3.15. The largest absolute Gasteiger partial charge is 0.481 e. The zero-order valence-corrected chi connectivity index (χ0v) is 28.9. The highest BCUT2D eigenvalue weighted by Gasteiger charge is 2.32. The van der Waals surface area contributed by atoms with E-state index in [4.69, 9.17) is 32.8 Å². The summed E-state index contributed by atoms with van der Waals surface area (Å²) in [6.07, 6.45) is 1.09. The number of carbonyl (C=O) groups excluding carboxylic acids is 2. The van der Waals surface area contributed by atoms with E-state index < -0.39 is 65.6 Å². The fourth-order valence-electron chi connectivity index (χ4n) is 4.23. The SMILES string of the molecule is CCCN(CCC)P(OCCS(=O)(=O)CC(NC(=O)CCCC(=O)O)C(=O)NC(C(=O)O)c1ccccc1)N(CCCl)CCCl. The highest BCUT2D eigenvalue weighted by molar-refractivity contribution is 7.91. The van der Waals surface area contributed by atoms with E-state index in [1.54, 1.807) is 18.2 Å². The van der Waals surface area contributed by atoms with Gasteiger partial charge in [0, 0.05) is 50.8 Å². The first-order valence-electron chi connectivity index (χ1n) is 14.7. The zero-order chi connectivity index (χ0) is 33.8. The maximum absolute atomic E-state index is 13.3. The summed E-state index contributed by atoms with van der Waals surface area (Å²) < 4.78 is 36.9. The zero-order valence-electron chi connectivity index (χ0n) is 25.7. The maximum atomic E-state index is 13.3. The van der Waals surface area contributed by atoms with Gasteiger partial charge in [-0.1, -0.05) is 44.2 Å². The number of hydrogen-bond acceptors (Lipinski definition) is 9. The van der Waals surface area contributed by atoms with Crippen molar-refractivity contribution in [3.8, 4) is 0 Å². The molecule has 1 aromatic rings. The second-order valence-corrected chi connectivity index (χ2v) is 14.9. The summed E-state index contributed by atoms with van der Waals surface area (Å²) >= 11 is 12.1. The molecule has 0 saturated heterocycles. The Morgan fingerprint density at radius 2 is 1.49 bits per heavy atom. The third kappa shape index (κ3) is 16.4. The van der Waals surface area contributed by atoms with Crippen molar-refractivity contribution in [3.05, 3.63) is 35.9 Å². The molecule has 4 N–H and O–H groups in total. The molecule has 0 bridgehead atoms. The van der Waals surface area contributed by atoms with Gasteiger partial charge in [-0.15, -0.1) is 23.2 Å². The van der Waals surface area contributed by atoms with Crippen LogP contribution < -0.4 is 10.6 Å². The van der Waals surface area contributed by atoms with E-state index in [0.29, 0.717) is 24.8 Å². The minimum Gasteiger partial charge on any atom is -0.481 e. The van der Waals surface area contributed by atoms with Crippen molar-refractivity contribution in [2.45, 2.75) is 58.0 Å². The Hall–Kier alpha value is -2.06. The van der Waals surface area contributed by atoms with Crippen molar-refractivity contribution in [2.75, 3.05) is 56.1 Å². The van der Waals surface area contributed by atoms with E-state index in [9.17, 15) is 32.7 Å². The van der Waals surface area contributed by atoms with Gasteiger partial charge < -0.3 is 25.4 Å². The molecule has 1 aromatic carbocycles. The Bertz CT molecular complexity index is 1140. The van der Waals surface area contributed by atoms with Crippen LogP contribution in [-0.4, -0.2) is 114 Å². The predicted molar refractivity (Wildman–Crippen MR) is 175 cm³/mol. The molecule has 45 heavy (non-hydrogen) atoms. The number of carboxylic acid groups (broad SMARTS) is 2. The van der Waals surface area contributed by atoms with Crippen LogP contribution in [0.5, 0.6) is 0 Å². The molecular weight excluding hydrogens is 670 g/mol. The van der Waals surface area contributed by atoms with Gasteiger partial charge >= 0.3 is 11.9 Å². The second kappa shape index (κ2) is 22.5. The number of nitrogens with zero attached hydrogens (tertiary/aromatic N) is 2. The Morgan fingerprint density at radius 3 is 2.00 bits per heavy atom. The van der Waals surface area contributed by atoms with E-state index in [2.05, 4.69) is 15.3 Å². The molecule has 3 atom stereocenters. The maximum Gasteiger partial charge on any atom is 0.330 e. The van der Waals surface area contributed by atoms with Crippen LogP contribution in [0.25, 0.3) is 0 Å². The average molecular weight is 716 g/mol. The molecule has 0 aliphatic heterocycles. The lowest BCUT2D eigenvalue weighted by Crippen LogP contribution is -2.52. The van der Waals surface area contributed by atoms with Crippen LogP contribution in [0.2, 0.25) is 0 Å². The molecule has 0 saturated carbocycles. The lowest BCUT2D eigenvalue weighted by molar-refractivity contribution is -0.142. The van der Waals surface area contributed by atoms with Crippen LogP contribution in [0, 0.1) is 0 Å². The molecule has 0 heterocycles. The summed E-state index contributed by atoms with van der Waals surface area (Å²) in [4.78, 5) is 48.6. The summed E-state index contributed by atoms with van der Waals surface area (Å²) in [6, 6.07) is 4.67. The van der Waals surface area contributed by atoms with E-state index in [1.165, 1.54) is 12.1 Å². The minimum atomic E-state index is -4.04. The lowest BCUT2D eigenvalue weighted by atomic mass is 10.1. The van der Waals surface area contributed by atoms with Crippen molar-refractivity contribution in [1.82, 2.24) is 20.0 Å². The average Bonchev–Trinajstić information content (AvgIpc) is 2.97. The molecule has 3 unspecified atom stereocenters. The molecular formula is C28H45Cl2N4O9PS. The third-order valence-electron chi connectivity index (χ3n) is 6.27. The Kier molecular flexibility index (Phi) is 20.4. The highest BCUT2D eigenvalue weighted by atomic mass is 35.5. The standard InChI is InChI=1S/C28H45Cl2N4O9PS/c1-3-15-33(16-4-2)44(34(17-13-29)18-14-30)43-19-20-45(41,42)21-23(31-24(35)11-8-12-25(36)37)27(38)32-26(28(39)40)22-9-6-5-7-10-22/h5-7,9-10,23,26H,3-4,8,11-21H2,1-2H3,(H,31,35)(H,32,38)(H,36,37)(H,39,40). The van der Waals surface area contributed by atoms with Gasteiger partial charge in [-0.25, -0.2) is 22.6 Å². The van der Waals surface area contributed by atoms with Gasteiger partial charge in [0.15, 0.2) is 24.3 Å². The van der Waals surface area contributed by atoms with Gasteiger partial charge in [0.1, 0.15) is 6.04 Å². The molecule has 13 nitrogen and oxygen atoms in total. The van der Waals surface area contributed by atoms with Crippen LogP contribution in [0.1, 0.15) is 57.6 Å². The van der Waals surface area contributed by atoms with Crippen LogP contribution in [0.3, 0.4) is 0 Å². The number of carbonyl (C=O) groups is 4. The van der Waals surface area contributed by atoms with E-state index >= 15 is 0 Å². The van der Waals surface area contributed by atoms with E-state index in [1.807, 2.05) is 18.5 Å². The van der Waals surface area contributed by atoms with Gasteiger partial charge in [0.05, 0.1) is 18.1 Å². The number of rotatable bonds is 25. The topological polar surface area (TPSA) is 183 Å². The summed E-state index contributed by atoms with van der Waals surface area (Å²) in [5.41, 5.74) is 0.247. The molecule has 0 aliphatic carbocycles. The fraction of sp³-hybridized carbons (Fsp3) is 0.643. The summed E-state index contributed by atoms with van der Waals surface area (Å²) in [6.45, 7) is 6.26. The first-order chi connectivity index (χ1) is 21.4. The number of sulfone groups is 1. The molecule has 256 valence electrons. The number of halogens is 2. The van der Waals surface area contributed by atoms with Gasteiger partial charge in [-0.3, -0.25) is 14.4 Å². The molecule has 1 rings (SSSR count). The molecule has 2 amide bonds. The summed E-state index contributed by atoms with van der Waals surface area (Å²) in [5.74, 6) is -4.91. The van der Waals surface area contributed by atoms with Crippen molar-refractivity contribution in [1.29, 1.82) is 0 Å². The normalized spacial score (nSPS) is 13.7. The second-order valence-electron chi connectivity index (χ2n) is 10.0. The minimum absolute atomic E-state index is 0.0332. The summed E-state index contributed by atoms with van der Waals surface area (Å²) in [5, 5.41) is 23.3. The molecule has 17 heteroatoms. The van der Waals surface area contributed by atoms with Crippen LogP contribution >= 0.6 is 31.7 Å². The van der Waals surface area contributed by atoms with Gasteiger partial charge in [-0.05, 0) is 24.8 Å². The van der Waals surface area contributed by atoms with Gasteiger partial charge in [0.25, 0.3) is 0 Å². The van der Waals surface area contributed by atoms with E-state index in [-0.39, 0.29) is 31.4 Å². The first kappa shape index (κ1) is 41.0. The summed E-state index contributed by atoms with van der Waals surface area (Å²) in [7, 11) is -5.44. The molecule has 0 fully saturated rings. The Morgan fingerprint density at radius 1 is 0.911 bits per heavy atom. The third-order valence-corrected chi connectivity index (χ3v) is 10.4. The van der Waals surface area contributed by atoms with Crippen molar-refractivity contribution in [2.24, 2.45) is 0 Å². The number of amides is 2. The smallest absolute Gasteiger partial charge is 0.330 e. The number of hydrogen-bond donors (Lipinski definition) is 4. The first-order valence-corrected chi connectivity index (χ1v) is 18.8. The number of benzene rings is 1. The Labute approximate surface area is 276 Å². The molecule has 0 radical (unpaired) electrons. The predicted octanol–water partition coefficient (Wildman–Crippen LogP) is 3.23. The van der Waals surface area contributed by atoms with Crippen LogP contribution in [-0.2, 0) is 33.5 Å². The molecule has 0 aromatic heterocycles. The lowest BCUT2D eigenvalue weighted by Gasteiger charge is -2.37. The van der Waals surface area contributed by atoms with Crippen molar-refractivity contribution >= 4 is 65.2 Å². The van der Waals surface area contributed by atoms with Crippen molar-refractivity contribution < 1.29 is 42.3 Å². The number of carboxylic acids is 2. The number of aliphatic carboxylic acids is 2. The van der Waals surface area contributed by atoms with E-state index in [0.717, 1.165) is 25.9 Å². The van der Waals surface area contributed by atoms with Gasteiger partial charge in [0.2, 0.25) is 11.8 Å².